The summed E-state index contributed by atoms with van der Waals surface area (Å²) in [5.74, 6) is 0.527. The van der Waals surface area contributed by atoms with E-state index in [-0.39, 0.29) is 5.91 Å². The summed E-state index contributed by atoms with van der Waals surface area (Å²) >= 11 is 6.01. The molecule has 2 aromatic rings. The van der Waals surface area contributed by atoms with Crippen molar-refractivity contribution in [1.29, 1.82) is 0 Å². The first-order valence-electron chi connectivity index (χ1n) is 7.93. The molecule has 0 radical (unpaired) electrons. The SMILES string of the molecule is CNCC1CCCN(C(=O)c2ccn(-c3cccc(Cl)c3)n2)C1. The Morgan fingerprint density at radius 1 is 1.43 bits per heavy atom. The van der Waals surface area contributed by atoms with Crippen molar-refractivity contribution in [3.63, 3.8) is 0 Å². The zero-order chi connectivity index (χ0) is 16.2. The molecule has 0 saturated carbocycles. The highest BCUT2D eigenvalue weighted by Crippen LogP contribution is 2.19. The van der Waals surface area contributed by atoms with Crippen LogP contribution in [-0.2, 0) is 0 Å². The number of halogens is 1. The number of hydrogen-bond donors (Lipinski definition) is 1. The molecule has 2 heterocycles. The molecule has 1 atom stereocenters. The normalized spacial score (nSPS) is 18.2. The van der Waals surface area contributed by atoms with Gasteiger partial charge in [0.25, 0.3) is 5.91 Å². The van der Waals surface area contributed by atoms with Gasteiger partial charge in [-0.3, -0.25) is 4.79 Å². The van der Waals surface area contributed by atoms with E-state index in [0.717, 1.165) is 31.7 Å². The van der Waals surface area contributed by atoms with Crippen LogP contribution in [0, 0.1) is 5.92 Å². The molecule has 122 valence electrons. The van der Waals surface area contributed by atoms with Gasteiger partial charge in [0, 0.05) is 24.3 Å². The first-order valence-corrected chi connectivity index (χ1v) is 8.30. The largest absolute Gasteiger partial charge is 0.337 e. The summed E-state index contributed by atoms with van der Waals surface area (Å²) in [5.41, 5.74) is 1.33. The van der Waals surface area contributed by atoms with E-state index in [4.69, 9.17) is 11.6 Å². The number of rotatable bonds is 4. The lowest BCUT2D eigenvalue weighted by Crippen LogP contribution is -2.42. The van der Waals surface area contributed by atoms with Gasteiger partial charge in [-0.25, -0.2) is 4.68 Å². The number of carbonyl (C=O) groups excluding carboxylic acids is 1. The molecular weight excluding hydrogens is 312 g/mol. The lowest BCUT2D eigenvalue weighted by Gasteiger charge is -2.32. The molecule has 6 heteroatoms. The summed E-state index contributed by atoms with van der Waals surface area (Å²) in [7, 11) is 1.95. The Morgan fingerprint density at radius 3 is 3.09 bits per heavy atom. The Morgan fingerprint density at radius 2 is 2.30 bits per heavy atom. The average molecular weight is 333 g/mol. The Balaban J connectivity index is 1.73. The molecule has 0 spiro atoms. The van der Waals surface area contributed by atoms with Crippen LogP contribution < -0.4 is 5.32 Å². The van der Waals surface area contributed by atoms with Crippen LogP contribution in [0.2, 0.25) is 5.02 Å². The molecule has 1 aromatic carbocycles. The summed E-state index contributed by atoms with van der Waals surface area (Å²) in [6.07, 6.45) is 4.02. The Hall–Kier alpha value is -1.85. The van der Waals surface area contributed by atoms with Crippen molar-refractivity contribution >= 4 is 17.5 Å². The van der Waals surface area contributed by atoms with Crippen molar-refractivity contribution in [2.24, 2.45) is 5.92 Å². The van der Waals surface area contributed by atoms with Crippen LogP contribution in [0.4, 0.5) is 0 Å². The first-order chi connectivity index (χ1) is 11.2. The maximum Gasteiger partial charge on any atom is 0.274 e. The van der Waals surface area contributed by atoms with E-state index in [1.54, 1.807) is 16.9 Å². The third kappa shape index (κ3) is 3.74. The Bertz CT molecular complexity index is 683. The lowest BCUT2D eigenvalue weighted by atomic mass is 9.98. The molecule has 1 amide bonds. The summed E-state index contributed by atoms with van der Waals surface area (Å²) in [4.78, 5) is 14.6. The predicted molar refractivity (Wildman–Crippen MR) is 91.1 cm³/mol. The molecule has 3 rings (SSSR count). The number of benzene rings is 1. The van der Waals surface area contributed by atoms with Gasteiger partial charge >= 0.3 is 0 Å². The second kappa shape index (κ2) is 7.15. The molecule has 0 aliphatic carbocycles. The van der Waals surface area contributed by atoms with Gasteiger partial charge in [0.1, 0.15) is 0 Å². The van der Waals surface area contributed by atoms with E-state index < -0.39 is 0 Å². The van der Waals surface area contributed by atoms with Gasteiger partial charge in [-0.05, 0) is 56.6 Å². The average Bonchev–Trinajstić information content (AvgIpc) is 3.05. The molecule has 1 aliphatic heterocycles. The van der Waals surface area contributed by atoms with E-state index >= 15 is 0 Å². The van der Waals surface area contributed by atoms with Gasteiger partial charge < -0.3 is 10.2 Å². The van der Waals surface area contributed by atoms with Crippen LogP contribution in [0.25, 0.3) is 5.69 Å². The molecule has 1 fully saturated rings. The van der Waals surface area contributed by atoms with Crippen molar-refractivity contribution in [2.75, 3.05) is 26.7 Å². The monoisotopic (exact) mass is 332 g/mol. The third-order valence-electron chi connectivity index (χ3n) is 4.18. The number of aromatic nitrogens is 2. The maximum atomic E-state index is 12.7. The van der Waals surface area contributed by atoms with Crippen molar-refractivity contribution in [2.45, 2.75) is 12.8 Å². The van der Waals surface area contributed by atoms with Crippen LogP contribution in [0.1, 0.15) is 23.3 Å². The van der Waals surface area contributed by atoms with Crippen LogP contribution >= 0.6 is 11.6 Å². The fourth-order valence-corrected chi connectivity index (χ4v) is 3.25. The number of likely N-dealkylation sites (tertiary alicyclic amines) is 1. The Labute approximate surface area is 141 Å². The van der Waals surface area contributed by atoms with Gasteiger partial charge in [-0.15, -0.1) is 0 Å². The highest BCUT2D eigenvalue weighted by Gasteiger charge is 2.25. The van der Waals surface area contributed by atoms with Crippen LogP contribution in [0.3, 0.4) is 0 Å². The molecule has 23 heavy (non-hydrogen) atoms. The van der Waals surface area contributed by atoms with Gasteiger partial charge in [0.2, 0.25) is 0 Å². The van der Waals surface area contributed by atoms with Crippen molar-refractivity contribution in [3.05, 3.63) is 47.2 Å². The fourth-order valence-electron chi connectivity index (χ4n) is 3.07. The van der Waals surface area contributed by atoms with Crippen molar-refractivity contribution in [3.8, 4) is 5.69 Å². The topological polar surface area (TPSA) is 50.2 Å². The summed E-state index contributed by atoms with van der Waals surface area (Å²) in [6, 6.07) is 9.19. The van der Waals surface area contributed by atoms with E-state index in [0.29, 0.717) is 16.6 Å². The van der Waals surface area contributed by atoms with E-state index in [2.05, 4.69) is 10.4 Å². The summed E-state index contributed by atoms with van der Waals surface area (Å²) in [6.45, 7) is 2.55. The molecule has 1 unspecified atom stereocenters. The number of piperidine rings is 1. The third-order valence-corrected chi connectivity index (χ3v) is 4.42. The number of nitrogens with zero attached hydrogens (tertiary/aromatic N) is 3. The molecular formula is C17H21ClN4O. The first kappa shape index (κ1) is 16.0. The van der Waals surface area contributed by atoms with Crippen LogP contribution in [0.5, 0.6) is 0 Å². The van der Waals surface area contributed by atoms with E-state index in [1.807, 2.05) is 36.2 Å². The van der Waals surface area contributed by atoms with Crippen LogP contribution in [0.15, 0.2) is 36.5 Å². The molecule has 1 N–H and O–H groups in total. The van der Waals surface area contributed by atoms with E-state index in [9.17, 15) is 4.79 Å². The molecule has 1 saturated heterocycles. The highest BCUT2D eigenvalue weighted by molar-refractivity contribution is 6.30. The van der Waals surface area contributed by atoms with Crippen LogP contribution in [-0.4, -0.2) is 47.3 Å². The van der Waals surface area contributed by atoms with Gasteiger partial charge in [0.15, 0.2) is 5.69 Å². The number of nitrogens with one attached hydrogen (secondary N) is 1. The minimum Gasteiger partial charge on any atom is -0.337 e. The lowest BCUT2D eigenvalue weighted by molar-refractivity contribution is 0.0668. The molecule has 5 nitrogen and oxygen atoms in total. The van der Waals surface area contributed by atoms with Crippen molar-refractivity contribution < 1.29 is 4.79 Å². The zero-order valence-electron chi connectivity index (χ0n) is 13.2. The highest BCUT2D eigenvalue weighted by atomic mass is 35.5. The predicted octanol–water partition coefficient (Wildman–Crippen LogP) is 2.60. The second-order valence-electron chi connectivity index (χ2n) is 5.94. The van der Waals surface area contributed by atoms with Gasteiger partial charge in [-0.2, -0.15) is 5.10 Å². The standard InChI is InChI=1S/C17H21ClN4O/c1-19-11-13-4-3-8-21(12-13)17(23)16-7-9-22(20-16)15-6-2-5-14(18)10-15/h2,5-7,9-10,13,19H,3-4,8,11-12H2,1H3. The quantitative estimate of drug-likeness (QED) is 0.936. The van der Waals surface area contributed by atoms with E-state index in [1.165, 1.54) is 6.42 Å². The molecule has 1 aromatic heterocycles. The van der Waals surface area contributed by atoms with Gasteiger partial charge in [-0.1, -0.05) is 17.7 Å². The zero-order valence-corrected chi connectivity index (χ0v) is 14.0. The second-order valence-corrected chi connectivity index (χ2v) is 6.38. The number of carbonyl (C=O) groups is 1. The molecule has 0 bridgehead atoms. The minimum atomic E-state index is 0.00609. The minimum absolute atomic E-state index is 0.00609. The summed E-state index contributed by atoms with van der Waals surface area (Å²) < 4.78 is 1.69. The van der Waals surface area contributed by atoms with Gasteiger partial charge in [0.05, 0.1) is 5.69 Å². The summed E-state index contributed by atoms with van der Waals surface area (Å²) in [5, 5.41) is 8.27. The fraction of sp³-hybridized carbons (Fsp3) is 0.412. The number of amides is 1. The molecule has 1 aliphatic rings. The number of hydrogen-bond acceptors (Lipinski definition) is 3. The van der Waals surface area contributed by atoms with Crippen molar-refractivity contribution in [1.82, 2.24) is 20.0 Å². The smallest absolute Gasteiger partial charge is 0.274 e. The maximum absolute atomic E-state index is 12.7. The Kier molecular flexibility index (Phi) is 4.98.